The van der Waals surface area contributed by atoms with Gasteiger partial charge in [-0.3, -0.25) is 0 Å². The Bertz CT molecular complexity index is 534. The predicted octanol–water partition coefficient (Wildman–Crippen LogP) is 2.34. The van der Waals surface area contributed by atoms with Crippen LogP contribution < -0.4 is 10.6 Å². The van der Waals surface area contributed by atoms with Gasteiger partial charge in [0, 0.05) is 0 Å². The molecule has 0 bridgehead atoms. The van der Waals surface area contributed by atoms with Crippen LogP contribution in [0.5, 0.6) is 0 Å². The van der Waals surface area contributed by atoms with Crippen LogP contribution in [0.1, 0.15) is 11.1 Å². The van der Waals surface area contributed by atoms with E-state index >= 15 is 0 Å². The topological polar surface area (TPSA) is 50.4 Å². The van der Waals surface area contributed by atoms with Gasteiger partial charge in [-0.05, 0) is 0 Å². The molecule has 0 radical (unpaired) electrons. The molecule has 0 saturated carbocycles. The zero-order valence-electron chi connectivity index (χ0n) is 11.4. The summed E-state index contributed by atoms with van der Waals surface area (Å²) < 4.78 is 5.26. The van der Waals surface area contributed by atoms with E-state index in [1.807, 2.05) is 60.7 Å². The Balaban J connectivity index is 1.69. The van der Waals surface area contributed by atoms with E-state index in [1.54, 1.807) is 0 Å². The third-order valence-electron chi connectivity index (χ3n) is 2.73. The zero-order valence-corrected chi connectivity index (χ0v) is 12.5. The summed E-state index contributed by atoms with van der Waals surface area (Å²) in [6.45, 7) is 0.983. The quantitative estimate of drug-likeness (QED) is 0.802. The van der Waals surface area contributed by atoms with Gasteiger partial charge in [0.15, 0.2) is 0 Å². The molecule has 2 rings (SSSR count). The van der Waals surface area contributed by atoms with Crippen molar-refractivity contribution in [3.63, 3.8) is 0 Å². The van der Waals surface area contributed by atoms with E-state index in [0.717, 1.165) is 11.1 Å². The van der Waals surface area contributed by atoms with Crippen molar-refractivity contribution in [2.45, 2.75) is 13.1 Å². The van der Waals surface area contributed by atoms with Crippen LogP contribution in [0, 0.1) is 0 Å². The van der Waals surface area contributed by atoms with Crippen molar-refractivity contribution in [3.05, 3.63) is 71.8 Å². The van der Waals surface area contributed by atoms with Crippen LogP contribution in [0.2, 0.25) is 0 Å². The summed E-state index contributed by atoms with van der Waals surface area (Å²) in [6.07, 6.45) is -0.524. The fourth-order valence-corrected chi connectivity index (χ4v) is 1.89. The predicted molar refractivity (Wildman–Crippen MR) is 78.1 cm³/mol. The molecule has 21 heavy (non-hydrogen) atoms. The maximum atomic E-state index is 11.6. The summed E-state index contributed by atoms with van der Waals surface area (Å²) in [7, 11) is 0. The first-order valence-electron chi connectivity index (χ1n) is 6.52. The monoisotopic (exact) mass is 324 g/mol. The Morgan fingerprint density at radius 3 is 1.86 bits per heavy atom. The second-order valence-corrected chi connectivity index (χ2v) is 4.83. The van der Waals surface area contributed by atoms with Gasteiger partial charge < -0.3 is 0 Å². The molecule has 2 aromatic carbocycles. The fraction of sp³-hybridized carbons (Fsp3) is 0.125. The van der Waals surface area contributed by atoms with Gasteiger partial charge in [0.2, 0.25) is 0 Å². The van der Waals surface area contributed by atoms with Crippen molar-refractivity contribution < 1.29 is 25.1 Å². The number of hydrogen-bond acceptors (Lipinski definition) is 3. The van der Waals surface area contributed by atoms with Crippen molar-refractivity contribution in [3.8, 4) is 0 Å². The SMILES string of the molecule is O=C(NCc1ccccc1)O[C](=[Fe+])NCc1ccccc1. The zero-order chi connectivity index (χ0) is 14.9. The molecule has 5 heteroatoms. The molecule has 2 aromatic rings. The van der Waals surface area contributed by atoms with Crippen molar-refractivity contribution in [2.75, 3.05) is 0 Å². The van der Waals surface area contributed by atoms with E-state index in [1.165, 1.54) is 0 Å². The average molecular weight is 324 g/mol. The molecule has 4 nitrogen and oxygen atoms in total. The molecule has 0 unspecified atom stereocenters. The van der Waals surface area contributed by atoms with E-state index in [-0.39, 0.29) is 4.73 Å². The second kappa shape index (κ2) is 8.37. The first kappa shape index (κ1) is 15.4. The molecule has 0 saturated heterocycles. The average Bonchev–Trinajstić information content (AvgIpc) is 2.53. The molecule has 0 aromatic heterocycles. The van der Waals surface area contributed by atoms with Gasteiger partial charge >= 0.3 is 131 Å². The molecule has 0 heterocycles. The Kier molecular flexibility index (Phi) is 6.16. The molecule has 1 amide bonds. The summed E-state index contributed by atoms with van der Waals surface area (Å²) in [5.74, 6) is 0. The van der Waals surface area contributed by atoms with Gasteiger partial charge in [-0.2, -0.15) is 0 Å². The number of carbonyl (C=O) groups is 1. The number of nitrogens with one attached hydrogen (secondary N) is 2. The summed E-state index contributed by atoms with van der Waals surface area (Å²) in [4.78, 5) is 11.6. The van der Waals surface area contributed by atoms with Crippen LogP contribution in [0.4, 0.5) is 4.79 Å². The van der Waals surface area contributed by atoms with Crippen molar-refractivity contribution in [1.29, 1.82) is 0 Å². The molecule has 2 N–H and O–H groups in total. The van der Waals surface area contributed by atoms with Crippen LogP contribution in [0.25, 0.3) is 0 Å². The van der Waals surface area contributed by atoms with Crippen molar-refractivity contribution >= 4 is 10.8 Å². The van der Waals surface area contributed by atoms with Crippen LogP contribution in [-0.2, 0) is 33.4 Å². The van der Waals surface area contributed by atoms with Gasteiger partial charge in [-0.25, -0.2) is 0 Å². The number of ether oxygens (including phenoxy) is 1. The molecular weight excluding hydrogens is 308 g/mol. The second-order valence-electron chi connectivity index (χ2n) is 4.33. The van der Waals surface area contributed by atoms with Crippen molar-refractivity contribution in [1.82, 2.24) is 10.6 Å². The summed E-state index contributed by atoms with van der Waals surface area (Å²) in [5.41, 5.74) is 2.10. The van der Waals surface area contributed by atoms with Gasteiger partial charge in [0.25, 0.3) is 0 Å². The van der Waals surface area contributed by atoms with E-state index < -0.39 is 6.09 Å². The summed E-state index contributed by atoms with van der Waals surface area (Å²) in [5, 5.41) is 5.62. The van der Waals surface area contributed by atoms with E-state index in [9.17, 15) is 4.79 Å². The fourth-order valence-electron chi connectivity index (χ4n) is 1.69. The molecule has 0 aliphatic rings. The van der Waals surface area contributed by atoms with Crippen molar-refractivity contribution in [2.24, 2.45) is 0 Å². The third kappa shape index (κ3) is 5.92. The van der Waals surface area contributed by atoms with Crippen LogP contribution in [0.15, 0.2) is 60.7 Å². The number of hydrogen-bond donors (Lipinski definition) is 2. The van der Waals surface area contributed by atoms with Crippen LogP contribution >= 0.6 is 0 Å². The van der Waals surface area contributed by atoms with E-state index in [4.69, 9.17) is 4.74 Å². The first-order valence-corrected chi connectivity index (χ1v) is 7.08. The third-order valence-corrected chi connectivity index (χ3v) is 3.04. The normalized spacial score (nSPS) is 9.90. The van der Waals surface area contributed by atoms with Gasteiger partial charge in [0.1, 0.15) is 0 Å². The minimum absolute atomic E-state index is 0.226. The Morgan fingerprint density at radius 1 is 0.857 bits per heavy atom. The van der Waals surface area contributed by atoms with Gasteiger partial charge in [-0.15, -0.1) is 0 Å². The first-order chi connectivity index (χ1) is 10.2. The molecule has 0 spiro atoms. The number of alkyl carbamates (subject to hydrolysis) is 1. The molecule has 0 fully saturated rings. The molecule has 0 aliphatic heterocycles. The van der Waals surface area contributed by atoms with Gasteiger partial charge in [0.05, 0.1) is 0 Å². The van der Waals surface area contributed by atoms with E-state index in [0.29, 0.717) is 13.1 Å². The molecule has 109 valence electrons. The van der Waals surface area contributed by atoms with Crippen LogP contribution in [0.3, 0.4) is 0 Å². The summed E-state index contributed by atoms with van der Waals surface area (Å²) >= 11 is 3.67. The summed E-state index contributed by atoms with van der Waals surface area (Å²) in [6, 6.07) is 19.5. The Labute approximate surface area is 131 Å². The Morgan fingerprint density at radius 2 is 1.33 bits per heavy atom. The number of carbonyl (C=O) groups excluding carboxylic acids is 1. The molecule has 0 atom stereocenters. The number of amides is 1. The standard InChI is InChI=1S/C16H16N2O2.Fe/c19-16(18-12-15-9-5-2-6-10-15)20-13-17-11-14-7-3-1-4-8-14;/h1-10,17H,11-12H2,(H,18,19);/q;+1. The number of benzene rings is 2. The number of rotatable bonds is 6. The van der Waals surface area contributed by atoms with Crippen LogP contribution in [-0.4, -0.2) is 10.8 Å². The van der Waals surface area contributed by atoms with Gasteiger partial charge in [-0.1, -0.05) is 0 Å². The molecular formula is C16H16FeN2O2+. The minimum atomic E-state index is -0.524. The van der Waals surface area contributed by atoms with E-state index in [2.05, 4.69) is 26.2 Å². The Hall–Kier alpha value is -1.94. The molecule has 0 aliphatic carbocycles. The maximum absolute atomic E-state index is 11.6.